The third-order valence-corrected chi connectivity index (χ3v) is 2.43. The van der Waals surface area contributed by atoms with Gasteiger partial charge in [-0.15, -0.1) is 0 Å². The molecule has 0 aliphatic heterocycles. The van der Waals surface area contributed by atoms with E-state index in [1.54, 1.807) is 23.1 Å². The quantitative estimate of drug-likeness (QED) is 0.764. The molecule has 0 radical (unpaired) electrons. The second kappa shape index (κ2) is 5.68. The van der Waals surface area contributed by atoms with Gasteiger partial charge in [-0.05, 0) is 19.1 Å². The van der Waals surface area contributed by atoms with E-state index >= 15 is 0 Å². The number of nitrogens with two attached hydrogens (primary N) is 1. The Bertz CT molecular complexity index is 302. The van der Waals surface area contributed by atoms with Gasteiger partial charge in [0.1, 0.15) is 5.82 Å². The second-order valence-electron chi connectivity index (χ2n) is 3.31. The van der Waals surface area contributed by atoms with Crippen molar-refractivity contribution in [1.82, 2.24) is 0 Å². The van der Waals surface area contributed by atoms with Crippen LogP contribution in [0, 0.1) is 5.82 Å². The minimum absolute atomic E-state index is 0.0708. The van der Waals surface area contributed by atoms with Gasteiger partial charge < -0.3 is 15.7 Å². The summed E-state index contributed by atoms with van der Waals surface area (Å²) in [5.41, 5.74) is 6.01. The van der Waals surface area contributed by atoms with Crippen molar-refractivity contribution in [3.8, 4) is 0 Å². The first-order valence-electron chi connectivity index (χ1n) is 5.06. The largest absolute Gasteiger partial charge is 0.394 e. The van der Waals surface area contributed by atoms with Crippen molar-refractivity contribution in [2.24, 2.45) is 5.73 Å². The molecule has 0 fully saturated rings. The maximum Gasteiger partial charge on any atom is 0.146 e. The van der Waals surface area contributed by atoms with Crippen molar-refractivity contribution < 1.29 is 9.50 Å². The number of halogens is 1. The molecule has 1 unspecified atom stereocenters. The number of benzene rings is 1. The standard InChI is InChI=1S/C11H17FN2O/c1-2-14(9(7-13)8-15)11-6-4-3-5-10(11)12/h3-6,9,15H,2,7-8,13H2,1H3. The minimum Gasteiger partial charge on any atom is -0.394 e. The topological polar surface area (TPSA) is 49.5 Å². The number of para-hydroxylation sites is 1. The van der Waals surface area contributed by atoms with Crippen molar-refractivity contribution in [2.75, 3.05) is 24.6 Å². The Morgan fingerprint density at radius 3 is 2.60 bits per heavy atom. The van der Waals surface area contributed by atoms with Gasteiger partial charge in [-0.2, -0.15) is 0 Å². The fourth-order valence-corrected chi connectivity index (χ4v) is 1.61. The molecule has 0 aliphatic rings. The van der Waals surface area contributed by atoms with Crippen molar-refractivity contribution >= 4 is 5.69 Å². The highest BCUT2D eigenvalue weighted by molar-refractivity contribution is 5.48. The van der Waals surface area contributed by atoms with Crippen LogP contribution in [-0.4, -0.2) is 30.8 Å². The van der Waals surface area contributed by atoms with E-state index < -0.39 is 0 Å². The average molecular weight is 212 g/mol. The highest BCUT2D eigenvalue weighted by atomic mass is 19.1. The summed E-state index contributed by atoms with van der Waals surface area (Å²) < 4.78 is 13.5. The van der Waals surface area contributed by atoms with E-state index in [0.717, 1.165) is 0 Å². The van der Waals surface area contributed by atoms with Crippen LogP contribution in [0.3, 0.4) is 0 Å². The van der Waals surface area contributed by atoms with Gasteiger partial charge in [-0.3, -0.25) is 0 Å². The summed E-state index contributed by atoms with van der Waals surface area (Å²) in [6, 6.07) is 6.28. The zero-order valence-corrected chi connectivity index (χ0v) is 8.86. The van der Waals surface area contributed by atoms with Gasteiger partial charge in [0.05, 0.1) is 18.3 Å². The summed E-state index contributed by atoms with van der Waals surface area (Å²) in [5, 5.41) is 9.14. The lowest BCUT2D eigenvalue weighted by Crippen LogP contribution is -2.43. The molecule has 15 heavy (non-hydrogen) atoms. The predicted octanol–water partition coefficient (Wildman–Crippen LogP) is 0.972. The number of anilines is 1. The first-order valence-corrected chi connectivity index (χ1v) is 5.06. The lowest BCUT2D eigenvalue weighted by atomic mass is 10.2. The van der Waals surface area contributed by atoms with Crippen molar-refractivity contribution in [3.05, 3.63) is 30.1 Å². The Morgan fingerprint density at radius 1 is 1.47 bits per heavy atom. The Hall–Kier alpha value is -1.13. The molecule has 0 saturated heterocycles. The molecule has 0 amide bonds. The third-order valence-electron chi connectivity index (χ3n) is 2.43. The predicted molar refractivity (Wildman–Crippen MR) is 59.3 cm³/mol. The van der Waals surface area contributed by atoms with E-state index in [0.29, 0.717) is 18.8 Å². The number of hydrogen-bond acceptors (Lipinski definition) is 3. The van der Waals surface area contributed by atoms with Crippen LogP contribution in [0.4, 0.5) is 10.1 Å². The van der Waals surface area contributed by atoms with Crippen LogP contribution in [0.25, 0.3) is 0 Å². The first-order chi connectivity index (χ1) is 7.24. The summed E-state index contributed by atoms with van der Waals surface area (Å²) in [6.07, 6.45) is 0. The fourth-order valence-electron chi connectivity index (χ4n) is 1.61. The van der Waals surface area contributed by atoms with Crippen LogP contribution in [0.2, 0.25) is 0 Å². The maximum atomic E-state index is 13.5. The molecular weight excluding hydrogens is 195 g/mol. The van der Waals surface area contributed by atoms with E-state index in [4.69, 9.17) is 10.8 Å². The fraction of sp³-hybridized carbons (Fsp3) is 0.455. The molecular formula is C11H17FN2O. The highest BCUT2D eigenvalue weighted by Gasteiger charge is 2.17. The van der Waals surface area contributed by atoms with Crippen LogP contribution in [0.5, 0.6) is 0 Å². The van der Waals surface area contributed by atoms with E-state index in [9.17, 15) is 4.39 Å². The molecule has 84 valence electrons. The summed E-state index contributed by atoms with van der Waals surface area (Å²) >= 11 is 0. The molecule has 1 aromatic rings. The molecule has 0 bridgehead atoms. The van der Waals surface area contributed by atoms with Crippen LogP contribution >= 0.6 is 0 Å². The third kappa shape index (κ3) is 2.67. The van der Waals surface area contributed by atoms with Crippen LogP contribution in [0.15, 0.2) is 24.3 Å². The summed E-state index contributed by atoms with van der Waals surface area (Å²) in [7, 11) is 0. The number of likely N-dealkylation sites (N-methyl/N-ethyl adjacent to an activating group) is 1. The molecule has 0 spiro atoms. The molecule has 0 aromatic heterocycles. The van der Waals surface area contributed by atoms with Crippen LogP contribution in [-0.2, 0) is 0 Å². The monoisotopic (exact) mass is 212 g/mol. The molecule has 4 heteroatoms. The zero-order chi connectivity index (χ0) is 11.3. The van der Waals surface area contributed by atoms with Gasteiger partial charge in [-0.25, -0.2) is 4.39 Å². The molecule has 0 heterocycles. The van der Waals surface area contributed by atoms with Crippen LogP contribution < -0.4 is 10.6 Å². The van der Waals surface area contributed by atoms with E-state index in [2.05, 4.69) is 0 Å². The van der Waals surface area contributed by atoms with Gasteiger partial charge in [0.15, 0.2) is 0 Å². The molecule has 3 N–H and O–H groups in total. The number of aliphatic hydroxyl groups is 1. The molecule has 1 atom stereocenters. The molecule has 0 saturated carbocycles. The van der Waals surface area contributed by atoms with Gasteiger partial charge >= 0.3 is 0 Å². The van der Waals surface area contributed by atoms with Gasteiger partial charge in [0, 0.05) is 13.1 Å². The van der Waals surface area contributed by atoms with Crippen LogP contribution in [0.1, 0.15) is 6.92 Å². The zero-order valence-electron chi connectivity index (χ0n) is 8.86. The van der Waals surface area contributed by atoms with E-state index in [-0.39, 0.29) is 18.5 Å². The number of hydrogen-bond donors (Lipinski definition) is 2. The highest BCUT2D eigenvalue weighted by Crippen LogP contribution is 2.20. The van der Waals surface area contributed by atoms with Crippen molar-refractivity contribution in [1.29, 1.82) is 0 Å². The normalized spacial score (nSPS) is 12.5. The molecule has 1 aromatic carbocycles. The first kappa shape index (κ1) is 11.9. The summed E-state index contributed by atoms with van der Waals surface area (Å²) in [5.74, 6) is -0.286. The number of nitrogens with zero attached hydrogens (tertiary/aromatic N) is 1. The minimum atomic E-state index is -0.286. The van der Waals surface area contributed by atoms with E-state index in [1.807, 2.05) is 6.92 Å². The number of rotatable bonds is 5. The number of aliphatic hydroxyl groups excluding tert-OH is 1. The van der Waals surface area contributed by atoms with Gasteiger partial charge in [0.2, 0.25) is 0 Å². The lowest BCUT2D eigenvalue weighted by Gasteiger charge is -2.30. The van der Waals surface area contributed by atoms with Gasteiger partial charge in [-0.1, -0.05) is 12.1 Å². The smallest absolute Gasteiger partial charge is 0.146 e. The van der Waals surface area contributed by atoms with E-state index in [1.165, 1.54) is 6.07 Å². The summed E-state index contributed by atoms with van der Waals surface area (Å²) in [4.78, 5) is 1.77. The summed E-state index contributed by atoms with van der Waals surface area (Å²) in [6.45, 7) is 2.76. The Morgan fingerprint density at radius 2 is 2.13 bits per heavy atom. The lowest BCUT2D eigenvalue weighted by molar-refractivity contribution is 0.261. The Kier molecular flexibility index (Phi) is 4.52. The molecule has 1 rings (SSSR count). The van der Waals surface area contributed by atoms with Gasteiger partial charge in [0.25, 0.3) is 0 Å². The van der Waals surface area contributed by atoms with Crippen molar-refractivity contribution in [2.45, 2.75) is 13.0 Å². The molecule has 0 aliphatic carbocycles. The average Bonchev–Trinajstić information content (AvgIpc) is 2.27. The van der Waals surface area contributed by atoms with Crippen molar-refractivity contribution in [3.63, 3.8) is 0 Å². The Labute approximate surface area is 89.3 Å². The second-order valence-corrected chi connectivity index (χ2v) is 3.31. The SMILES string of the molecule is CCN(c1ccccc1F)C(CN)CO. The Balaban J connectivity index is 2.96. The molecule has 3 nitrogen and oxygen atoms in total. The maximum absolute atomic E-state index is 13.5.